The minimum Gasteiger partial charge on any atom is -0.313 e. The summed E-state index contributed by atoms with van der Waals surface area (Å²) in [6.45, 7) is 3.17. The Balaban J connectivity index is 1.81. The van der Waals surface area contributed by atoms with Crippen LogP contribution in [0.25, 0.3) is 0 Å². The summed E-state index contributed by atoms with van der Waals surface area (Å²) in [5, 5.41) is 4.43. The molecular weight excluding hydrogens is 206 g/mol. The standard InChI is InChI=1S/C11H17N3S/c1-9-5-7-13-11(14-9)15-8-10-4-2-3-6-12-10/h5,7,10,12H,2-4,6,8H2,1H3/t10-/m0/s1. The molecular formula is C11H17N3S. The Morgan fingerprint density at radius 3 is 3.20 bits per heavy atom. The van der Waals surface area contributed by atoms with E-state index in [-0.39, 0.29) is 0 Å². The maximum Gasteiger partial charge on any atom is 0.187 e. The molecule has 1 N–H and O–H groups in total. The van der Waals surface area contributed by atoms with Crippen LogP contribution >= 0.6 is 11.8 Å². The van der Waals surface area contributed by atoms with Gasteiger partial charge in [0.15, 0.2) is 5.16 Å². The third kappa shape index (κ3) is 3.47. The lowest BCUT2D eigenvalue weighted by atomic mass is 10.1. The topological polar surface area (TPSA) is 37.8 Å². The average Bonchev–Trinajstić information content (AvgIpc) is 2.28. The summed E-state index contributed by atoms with van der Waals surface area (Å²) in [6.07, 6.45) is 5.80. The van der Waals surface area contributed by atoms with E-state index < -0.39 is 0 Å². The van der Waals surface area contributed by atoms with E-state index in [1.165, 1.54) is 25.8 Å². The van der Waals surface area contributed by atoms with Crippen molar-refractivity contribution in [1.29, 1.82) is 0 Å². The van der Waals surface area contributed by atoms with E-state index in [1.807, 2.05) is 19.2 Å². The molecule has 1 aromatic rings. The van der Waals surface area contributed by atoms with Crippen molar-refractivity contribution >= 4 is 11.8 Å². The van der Waals surface area contributed by atoms with Gasteiger partial charge in [0.25, 0.3) is 0 Å². The van der Waals surface area contributed by atoms with Crippen LogP contribution in [-0.4, -0.2) is 28.3 Å². The highest BCUT2D eigenvalue weighted by Gasteiger charge is 2.13. The van der Waals surface area contributed by atoms with Crippen molar-refractivity contribution in [2.24, 2.45) is 0 Å². The van der Waals surface area contributed by atoms with E-state index in [0.29, 0.717) is 6.04 Å². The van der Waals surface area contributed by atoms with Crippen LogP contribution in [0.3, 0.4) is 0 Å². The summed E-state index contributed by atoms with van der Waals surface area (Å²) < 4.78 is 0. The van der Waals surface area contributed by atoms with Gasteiger partial charge in [-0.2, -0.15) is 0 Å². The van der Waals surface area contributed by atoms with Crippen molar-refractivity contribution in [3.05, 3.63) is 18.0 Å². The highest BCUT2D eigenvalue weighted by molar-refractivity contribution is 7.99. The quantitative estimate of drug-likeness (QED) is 0.628. The zero-order valence-electron chi connectivity index (χ0n) is 9.07. The summed E-state index contributed by atoms with van der Waals surface area (Å²) >= 11 is 1.76. The zero-order chi connectivity index (χ0) is 10.5. The molecule has 0 aliphatic carbocycles. The number of thioether (sulfide) groups is 1. The van der Waals surface area contributed by atoms with Gasteiger partial charge < -0.3 is 5.32 Å². The van der Waals surface area contributed by atoms with E-state index >= 15 is 0 Å². The van der Waals surface area contributed by atoms with Gasteiger partial charge in [-0.3, -0.25) is 0 Å². The van der Waals surface area contributed by atoms with Gasteiger partial charge in [0.1, 0.15) is 0 Å². The van der Waals surface area contributed by atoms with Gasteiger partial charge in [0.05, 0.1) is 0 Å². The van der Waals surface area contributed by atoms with E-state index in [9.17, 15) is 0 Å². The number of hydrogen-bond acceptors (Lipinski definition) is 4. The molecule has 4 heteroatoms. The van der Waals surface area contributed by atoms with Crippen LogP contribution in [0, 0.1) is 6.92 Å². The molecule has 1 aliphatic rings. The van der Waals surface area contributed by atoms with Crippen molar-refractivity contribution in [2.45, 2.75) is 37.4 Å². The summed E-state index contributed by atoms with van der Waals surface area (Å²) in [6, 6.07) is 2.58. The van der Waals surface area contributed by atoms with Gasteiger partial charge >= 0.3 is 0 Å². The summed E-state index contributed by atoms with van der Waals surface area (Å²) in [5.74, 6) is 1.09. The molecule has 3 nitrogen and oxygen atoms in total. The third-order valence-corrected chi connectivity index (χ3v) is 3.62. The molecule has 1 aromatic heterocycles. The first-order chi connectivity index (χ1) is 7.34. The van der Waals surface area contributed by atoms with Gasteiger partial charge in [0, 0.05) is 23.7 Å². The minimum atomic E-state index is 0.646. The molecule has 1 fully saturated rings. The number of nitrogens with one attached hydrogen (secondary N) is 1. The van der Waals surface area contributed by atoms with Gasteiger partial charge in [-0.15, -0.1) is 0 Å². The number of piperidine rings is 1. The van der Waals surface area contributed by atoms with Crippen LogP contribution in [0.4, 0.5) is 0 Å². The predicted octanol–water partition coefficient (Wildman–Crippen LogP) is 2.02. The maximum absolute atomic E-state index is 4.38. The summed E-state index contributed by atoms with van der Waals surface area (Å²) in [4.78, 5) is 8.63. The Bertz CT molecular complexity index is 310. The van der Waals surface area contributed by atoms with Crippen LogP contribution in [-0.2, 0) is 0 Å². The first-order valence-corrected chi connectivity index (χ1v) is 6.49. The molecule has 0 spiro atoms. The molecule has 1 atom stereocenters. The Labute approximate surface area is 95.1 Å². The molecule has 0 bridgehead atoms. The van der Waals surface area contributed by atoms with Crippen molar-refractivity contribution in [2.75, 3.05) is 12.3 Å². The normalized spacial score (nSPS) is 21.5. The molecule has 2 heterocycles. The van der Waals surface area contributed by atoms with Gasteiger partial charge in [-0.1, -0.05) is 18.2 Å². The van der Waals surface area contributed by atoms with E-state index in [4.69, 9.17) is 0 Å². The lowest BCUT2D eigenvalue weighted by Crippen LogP contribution is -2.35. The second kappa shape index (κ2) is 5.47. The van der Waals surface area contributed by atoms with Crippen molar-refractivity contribution in [3.63, 3.8) is 0 Å². The van der Waals surface area contributed by atoms with Gasteiger partial charge in [0.2, 0.25) is 0 Å². The highest BCUT2D eigenvalue weighted by atomic mass is 32.2. The fraction of sp³-hybridized carbons (Fsp3) is 0.636. The Morgan fingerprint density at radius 1 is 1.53 bits per heavy atom. The largest absolute Gasteiger partial charge is 0.313 e. The number of aryl methyl sites for hydroxylation is 1. The predicted molar refractivity (Wildman–Crippen MR) is 63.1 cm³/mol. The number of rotatable bonds is 3. The molecule has 0 saturated carbocycles. The number of aromatic nitrogens is 2. The van der Waals surface area contributed by atoms with E-state index in [2.05, 4.69) is 15.3 Å². The molecule has 1 saturated heterocycles. The smallest absolute Gasteiger partial charge is 0.187 e. The van der Waals surface area contributed by atoms with Crippen LogP contribution in [0.2, 0.25) is 0 Å². The molecule has 2 rings (SSSR count). The maximum atomic E-state index is 4.38. The summed E-state index contributed by atoms with van der Waals surface area (Å²) in [5.41, 5.74) is 1.05. The SMILES string of the molecule is Cc1ccnc(SC[C@@H]2CCCCN2)n1. The molecule has 82 valence electrons. The fourth-order valence-corrected chi connectivity index (χ4v) is 2.72. The van der Waals surface area contributed by atoms with Crippen LogP contribution in [0.5, 0.6) is 0 Å². The first kappa shape index (κ1) is 10.9. The second-order valence-electron chi connectivity index (χ2n) is 3.94. The van der Waals surface area contributed by atoms with E-state index in [0.717, 1.165) is 16.6 Å². The lowest BCUT2D eigenvalue weighted by Gasteiger charge is -2.22. The Kier molecular flexibility index (Phi) is 3.97. The Hall–Kier alpha value is -0.610. The first-order valence-electron chi connectivity index (χ1n) is 5.50. The van der Waals surface area contributed by atoms with Crippen LogP contribution in [0.15, 0.2) is 17.4 Å². The number of hydrogen-bond donors (Lipinski definition) is 1. The van der Waals surface area contributed by atoms with Crippen molar-refractivity contribution in [1.82, 2.24) is 15.3 Å². The van der Waals surface area contributed by atoms with Crippen LogP contribution < -0.4 is 5.32 Å². The second-order valence-corrected chi connectivity index (χ2v) is 4.93. The summed E-state index contributed by atoms with van der Waals surface area (Å²) in [7, 11) is 0. The minimum absolute atomic E-state index is 0.646. The fourth-order valence-electron chi connectivity index (χ4n) is 1.74. The van der Waals surface area contributed by atoms with E-state index in [1.54, 1.807) is 11.8 Å². The van der Waals surface area contributed by atoms with Crippen molar-refractivity contribution < 1.29 is 0 Å². The lowest BCUT2D eigenvalue weighted by molar-refractivity contribution is 0.429. The third-order valence-electron chi connectivity index (χ3n) is 2.60. The molecule has 0 unspecified atom stereocenters. The molecule has 15 heavy (non-hydrogen) atoms. The molecule has 0 amide bonds. The monoisotopic (exact) mass is 223 g/mol. The van der Waals surface area contributed by atoms with Gasteiger partial charge in [-0.05, 0) is 32.4 Å². The highest BCUT2D eigenvalue weighted by Crippen LogP contribution is 2.17. The average molecular weight is 223 g/mol. The van der Waals surface area contributed by atoms with Crippen LogP contribution in [0.1, 0.15) is 25.0 Å². The molecule has 0 radical (unpaired) electrons. The van der Waals surface area contributed by atoms with Gasteiger partial charge in [-0.25, -0.2) is 9.97 Å². The number of nitrogens with zero attached hydrogens (tertiary/aromatic N) is 2. The molecule has 1 aliphatic heterocycles. The van der Waals surface area contributed by atoms with Crippen molar-refractivity contribution in [3.8, 4) is 0 Å². The molecule has 0 aromatic carbocycles. The zero-order valence-corrected chi connectivity index (χ0v) is 9.89. The Morgan fingerprint density at radius 2 is 2.47 bits per heavy atom.